The van der Waals surface area contributed by atoms with E-state index in [1.807, 2.05) is 18.2 Å². The van der Waals surface area contributed by atoms with Crippen LogP contribution in [0.25, 0.3) is 11.5 Å². The van der Waals surface area contributed by atoms with Crippen molar-refractivity contribution in [3.05, 3.63) is 30.3 Å². The third-order valence-electron chi connectivity index (χ3n) is 7.25. The molecule has 5 rings (SSSR count). The van der Waals surface area contributed by atoms with Gasteiger partial charge in [-0.25, -0.2) is 0 Å². The van der Waals surface area contributed by atoms with Gasteiger partial charge >= 0.3 is 0 Å². The van der Waals surface area contributed by atoms with Crippen LogP contribution in [-0.2, 0) is 4.79 Å². The van der Waals surface area contributed by atoms with E-state index in [-0.39, 0.29) is 11.8 Å². The smallest absolute Gasteiger partial charge is 0.230 e. The van der Waals surface area contributed by atoms with Crippen molar-refractivity contribution in [1.82, 2.24) is 20.0 Å². The molecule has 3 fully saturated rings. The van der Waals surface area contributed by atoms with Crippen LogP contribution in [0.5, 0.6) is 0 Å². The second-order valence-electron chi connectivity index (χ2n) is 8.97. The summed E-state index contributed by atoms with van der Waals surface area (Å²) in [5.74, 6) is 2.99. The number of rotatable bonds is 3. The molecule has 2 aromatic rings. The molecular formula is C22H29N5O2. The number of nitrogens with zero attached hydrogens (tertiary/aromatic N) is 4. The molecule has 1 saturated heterocycles. The molecule has 0 spiro atoms. The number of amides is 1. The molecule has 2 aliphatic carbocycles. The molecule has 1 amide bonds. The maximum absolute atomic E-state index is 13.1. The highest BCUT2D eigenvalue weighted by molar-refractivity contribution is 5.79. The minimum atomic E-state index is 0.167. The number of carbonyl (C=O) groups excluding carboxylic acids is 1. The van der Waals surface area contributed by atoms with E-state index in [0.717, 1.165) is 44.5 Å². The molecule has 2 unspecified atom stereocenters. The molecule has 154 valence electrons. The van der Waals surface area contributed by atoms with Crippen LogP contribution >= 0.6 is 0 Å². The Morgan fingerprint density at radius 1 is 1.10 bits per heavy atom. The number of piperidine rings is 1. The van der Waals surface area contributed by atoms with Crippen molar-refractivity contribution >= 4 is 5.91 Å². The van der Waals surface area contributed by atoms with Crippen LogP contribution in [0.2, 0.25) is 0 Å². The number of fused-ring (bicyclic) bond motifs is 2. The Hall–Kier alpha value is -2.28. The average molecular weight is 396 g/mol. The summed E-state index contributed by atoms with van der Waals surface area (Å²) in [5.41, 5.74) is 7.12. The third kappa shape index (κ3) is 3.68. The highest BCUT2D eigenvalue weighted by atomic mass is 16.5. The molecule has 3 heterocycles. The first-order valence-corrected chi connectivity index (χ1v) is 11.0. The topological polar surface area (TPSA) is 98.1 Å². The van der Waals surface area contributed by atoms with Gasteiger partial charge in [0.25, 0.3) is 0 Å². The maximum atomic E-state index is 13.1. The van der Waals surface area contributed by atoms with Crippen LogP contribution in [0.15, 0.2) is 28.9 Å². The Bertz CT molecular complexity index is 832. The summed E-state index contributed by atoms with van der Waals surface area (Å²) < 4.78 is 5.51. The summed E-state index contributed by atoms with van der Waals surface area (Å²) in [7, 11) is 0. The molecule has 29 heavy (non-hydrogen) atoms. The number of likely N-dealkylation sites (tertiary alicyclic amines) is 1. The quantitative estimate of drug-likeness (QED) is 0.858. The van der Waals surface area contributed by atoms with Gasteiger partial charge in [0, 0.05) is 37.2 Å². The van der Waals surface area contributed by atoms with Gasteiger partial charge in [-0.15, -0.1) is 0 Å². The van der Waals surface area contributed by atoms with Crippen LogP contribution in [0.4, 0.5) is 0 Å². The molecule has 7 nitrogen and oxygen atoms in total. The van der Waals surface area contributed by atoms with Gasteiger partial charge in [0.05, 0.1) is 0 Å². The van der Waals surface area contributed by atoms with E-state index in [1.54, 1.807) is 6.20 Å². The van der Waals surface area contributed by atoms with Gasteiger partial charge in [-0.2, -0.15) is 4.98 Å². The lowest BCUT2D eigenvalue weighted by Gasteiger charge is -2.45. The van der Waals surface area contributed by atoms with Gasteiger partial charge in [0.1, 0.15) is 5.69 Å². The van der Waals surface area contributed by atoms with Gasteiger partial charge in [-0.05, 0) is 62.5 Å². The van der Waals surface area contributed by atoms with E-state index >= 15 is 0 Å². The van der Waals surface area contributed by atoms with Crippen molar-refractivity contribution in [2.24, 2.45) is 23.5 Å². The summed E-state index contributed by atoms with van der Waals surface area (Å²) >= 11 is 0. The highest BCUT2D eigenvalue weighted by Gasteiger charge is 2.42. The molecule has 3 aliphatic rings. The number of pyridine rings is 1. The third-order valence-corrected chi connectivity index (χ3v) is 7.25. The Labute approximate surface area is 171 Å². The van der Waals surface area contributed by atoms with Gasteiger partial charge in [0.2, 0.25) is 17.6 Å². The molecule has 1 aliphatic heterocycles. The summed E-state index contributed by atoms with van der Waals surface area (Å²) in [6.07, 6.45) is 9.09. The lowest BCUT2D eigenvalue weighted by Crippen LogP contribution is -2.50. The number of hydrogen-bond acceptors (Lipinski definition) is 6. The van der Waals surface area contributed by atoms with Crippen molar-refractivity contribution in [1.29, 1.82) is 0 Å². The highest BCUT2D eigenvalue weighted by Crippen LogP contribution is 2.42. The maximum Gasteiger partial charge on any atom is 0.230 e. The minimum Gasteiger partial charge on any atom is -0.342 e. The minimum absolute atomic E-state index is 0.167. The zero-order valence-electron chi connectivity index (χ0n) is 16.7. The average Bonchev–Trinajstić information content (AvgIpc) is 3.24. The van der Waals surface area contributed by atoms with Gasteiger partial charge in [-0.1, -0.05) is 17.6 Å². The standard InChI is InChI=1S/C22H29N5O2/c23-19-15-4-3-5-16(19)13-17(12-15)22(28)27-10-7-14(8-11-27)21-25-20(26-29-21)18-6-1-2-9-24-18/h1-2,6,9,14-17,19H,3-5,7-8,10-13,23H2. The Kier molecular flexibility index (Phi) is 5.08. The number of hydrogen-bond donors (Lipinski definition) is 1. The largest absolute Gasteiger partial charge is 0.342 e. The van der Waals surface area contributed by atoms with E-state index < -0.39 is 0 Å². The van der Waals surface area contributed by atoms with Crippen LogP contribution < -0.4 is 5.73 Å². The van der Waals surface area contributed by atoms with Crippen LogP contribution in [-0.4, -0.2) is 45.1 Å². The summed E-state index contributed by atoms with van der Waals surface area (Å²) in [4.78, 5) is 24.0. The van der Waals surface area contributed by atoms with E-state index in [9.17, 15) is 4.79 Å². The number of aromatic nitrogens is 3. The van der Waals surface area contributed by atoms with Crippen LogP contribution in [0, 0.1) is 17.8 Å². The monoisotopic (exact) mass is 395 g/mol. The van der Waals surface area contributed by atoms with Crippen molar-refractivity contribution in [2.45, 2.75) is 56.9 Å². The predicted molar refractivity (Wildman–Crippen MR) is 108 cm³/mol. The normalized spacial score (nSPS) is 30.3. The molecule has 7 heteroatoms. The van der Waals surface area contributed by atoms with Crippen molar-refractivity contribution in [2.75, 3.05) is 13.1 Å². The van der Waals surface area contributed by atoms with Gasteiger partial charge in [0.15, 0.2) is 0 Å². The fourth-order valence-electron chi connectivity index (χ4n) is 5.60. The van der Waals surface area contributed by atoms with Crippen LogP contribution in [0.1, 0.15) is 56.8 Å². The SMILES string of the molecule is NC1C2CCCC1CC(C(=O)N1CCC(c3nc(-c4ccccn4)no3)CC1)C2. The lowest BCUT2D eigenvalue weighted by molar-refractivity contribution is -0.139. The second-order valence-corrected chi connectivity index (χ2v) is 8.97. The van der Waals surface area contributed by atoms with Gasteiger partial charge < -0.3 is 15.2 Å². The Balaban J connectivity index is 1.19. The fraction of sp³-hybridized carbons (Fsp3) is 0.636. The zero-order chi connectivity index (χ0) is 19.8. The molecule has 2 atom stereocenters. The lowest BCUT2D eigenvalue weighted by atomic mass is 9.65. The van der Waals surface area contributed by atoms with Crippen LogP contribution in [0.3, 0.4) is 0 Å². The first-order chi connectivity index (χ1) is 14.2. The fourth-order valence-corrected chi connectivity index (χ4v) is 5.60. The molecule has 2 bridgehead atoms. The number of carbonyl (C=O) groups is 1. The molecule has 0 radical (unpaired) electrons. The summed E-state index contributed by atoms with van der Waals surface area (Å²) in [6.45, 7) is 1.53. The predicted octanol–water partition coefficient (Wildman–Crippen LogP) is 2.99. The van der Waals surface area contributed by atoms with Crippen molar-refractivity contribution in [3.8, 4) is 11.5 Å². The molecular weight excluding hydrogens is 366 g/mol. The second kappa shape index (κ2) is 7.86. The molecule has 2 N–H and O–H groups in total. The van der Waals surface area contributed by atoms with E-state index in [2.05, 4.69) is 20.0 Å². The van der Waals surface area contributed by atoms with Gasteiger partial charge in [-0.3, -0.25) is 9.78 Å². The van der Waals surface area contributed by atoms with E-state index in [0.29, 0.717) is 35.5 Å². The molecule has 0 aromatic carbocycles. The Morgan fingerprint density at radius 2 is 1.86 bits per heavy atom. The first-order valence-electron chi connectivity index (χ1n) is 11.0. The Morgan fingerprint density at radius 3 is 2.55 bits per heavy atom. The first kappa shape index (κ1) is 18.7. The zero-order valence-corrected chi connectivity index (χ0v) is 16.7. The van der Waals surface area contributed by atoms with E-state index in [4.69, 9.17) is 10.3 Å². The molecule has 2 aromatic heterocycles. The summed E-state index contributed by atoms with van der Waals surface area (Å²) in [6, 6.07) is 5.96. The van der Waals surface area contributed by atoms with Crippen molar-refractivity contribution in [3.63, 3.8) is 0 Å². The number of nitrogens with two attached hydrogens (primary N) is 1. The van der Waals surface area contributed by atoms with Crippen molar-refractivity contribution < 1.29 is 9.32 Å². The van der Waals surface area contributed by atoms with E-state index in [1.165, 1.54) is 19.3 Å². The summed E-state index contributed by atoms with van der Waals surface area (Å²) in [5, 5.41) is 4.09. The molecule has 2 saturated carbocycles.